The number of carbonyl (C=O) groups excluding carboxylic acids is 3. The number of rotatable bonds is 6. The smallest absolute Gasteiger partial charge is 0.257 e. The lowest BCUT2D eigenvalue weighted by atomic mass is 9.88. The predicted octanol–water partition coefficient (Wildman–Crippen LogP) is 3.28. The molecule has 34 heavy (non-hydrogen) atoms. The van der Waals surface area contributed by atoms with Gasteiger partial charge >= 0.3 is 0 Å². The molecule has 2 aromatic rings. The van der Waals surface area contributed by atoms with Gasteiger partial charge in [0.2, 0.25) is 5.91 Å². The first-order chi connectivity index (χ1) is 16.5. The third-order valence-electron chi connectivity index (χ3n) is 6.92. The van der Waals surface area contributed by atoms with E-state index in [1.165, 1.54) is 0 Å². The van der Waals surface area contributed by atoms with E-state index in [0.717, 1.165) is 31.5 Å². The van der Waals surface area contributed by atoms with Gasteiger partial charge in [-0.2, -0.15) is 0 Å². The summed E-state index contributed by atoms with van der Waals surface area (Å²) in [5.41, 5.74) is 2.17. The fourth-order valence-corrected chi connectivity index (χ4v) is 4.87. The van der Waals surface area contributed by atoms with Crippen LogP contribution in [0.4, 0.5) is 0 Å². The van der Waals surface area contributed by atoms with Crippen molar-refractivity contribution in [3.05, 3.63) is 65.2 Å². The second-order valence-corrected chi connectivity index (χ2v) is 9.18. The number of amides is 3. The summed E-state index contributed by atoms with van der Waals surface area (Å²) in [5.74, 6) is 0.228. The Kier molecular flexibility index (Phi) is 7.50. The molecular formula is C27H33N3O4. The van der Waals surface area contributed by atoms with Crippen molar-refractivity contribution in [2.24, 2.45) is 5.92 Å². The molecule has 7 heteroatoms. The van der Waals surface area contributed by atoms with Gasteiger partial charge in [-0.3, -0.25) is 14.4 Å². The third kappa shape index (κ3) is 5.24. The topological polar surface area (TPSA) is 79.0 Å². The number of nitrogens with one attached hydrogen (secondary N) is 1. The Balaban J connectivity index is 1.46. The van der Waals surface area contributed by atoms with Crippen molar-refractivity contribution >= 4 is 17.7 Å². The Hall–Kier alpha value is -3.35. The molecule has 0 aliphatic carbocycles. The second kappa shape index (κ2) is 10.7. The number of piperidine rings is 1. The standard InChI is InChI=1S/C27H33N3O4/c1-19-9-11-21(12-10-19)25(31)28-24(27(33)29-15-5-6-16-29)20-13-17-30(18-14-20)26(32)22-7-3-4-8-23(22)34-2/h3-4,7-12,20,24H,5-6,13-18H2,1-2H3,(H,28,31)/t24-/m0/s1. The van der Waals surface area contributed by atoms with Gasteiger partial charge < -0.3 is 19.9 Å². The second-order valence-electron chi connectivity index (χ2n) is 9.18. The van der Waals surface area contributed by atoms with Crippen LogP contribution in [-0.4, -0.2) is 66.9 Å². The van der Waals surface area contributed by atoms with Crippen LogP contribution in [0.15, 0.2) is 48.5 Å². The van der Waals surface area contributed by atoms with Crippen molar-refractivity contribution in [2.45, 2.75) is 38.6 Å². The molecule has 7 nitrogen and oxygen atoms in total. The van der Waals surface area contributed by atoms with Gasteiger partial charge in [0, 0.05) is 31.7 Å². The summed E-state index contributed by atoms with van der Waals surface area (Å²) >= 11 is 0. The number of aryl methyl sites for hydroxylation is 1. The molecule has 0 saturated carbocycles. The first kappa shape index (κ1) is 23.8. The first-order valence-corrected chi connectivity index (χ1v) is 12.1. The molecule has 2 aliphatic rings. The number of hydrogen-bond acceptors (Lipinski definition) is 4. The lowest BCUT2D eigenvalue weighted by Gasteiger charge is -2.37. The summed E-state index contributed by atoms with van der Waals surface area (Å²) in [6.07, 6.45) is 3.30. The van der Waals surface area contributed by atoms with Gasteiger partial charge in [-0.1, -0.05) is 29.8 Å². The number of benzene rings is 2. The maximum Gasteiger partial charge on any atom is 0.257 e. The third-order valence-corrected chi connectivity index (χ3v) is 6.92. The zero-order valence-corrected chi connectivity index (χ0v) is 20.0. The average molecular weight is 464 g/mol. The van der Waals surface area contributed by atoms with Gasteiger partial charge in [-0.25, -0.2) is 0 Å². The van der Waals surface area contributed by atoms with Gasteiger partial charge in [0.15, 0.2) is 0 Å². The molecule has 0 spiro atoms. The fourth-order valence-electron chi connectivity index (χ4n) is 4.87. The summed E-state index contributed by atoms with van der Waals surface area (Å²) in [5, 5.41) is 3.04. The van der Waals surface area contributed by atoms with Crippen molar-refractivity contribution in [3.63, 3.8) is 0 Å². The predicted molar refractivity (Wildman–Crippen MR) is 130 cm³/mol. The quantitative estimate of drug-likeness (QED) is 0.713. The number of para-hydroxylation sites is 1. The number of carbonyl (C=O) groups is 3. The molecule has 0 bridgehead atoms. The van der Waals surface area contributed by atoms with Crippen LogP contribution in [0.5, 0.6) is 5.75 Å². The van der Waals surface area contributed by atoms with Crippen LogP contribution in [0, 0.1) is 12.8 Å². The van der Waals surface area contributed by atoms with E-state index in [9.17, 15) is 14.4 Å². The zero-order chi connectivity index (χ0) is 24.1. The number of likely N-dealkylation sites (tertiary alicyclic amines) is 2. The molecule has 0 aromatic heterocycles. The SMILES string of the molecule is COc1ccccc1C(=O)N1CCC([C@H](NC(=O)c2ccc(C)cc2)C(=O)N2CCCC2)CC1. The summed E-state index contributed by atoms with van der Waals surface area (Å²) in [6.45, 7) is 4.51. The molecule has 2 fully saturated rings. The summed E-state index contributed by atoms with van der Waals surface area (Å²) in [7, 11) is 1.56. The molecule has 2 heterocycles. The molecule has 2 aliphatic heterocycles. The minimum absolute atomic E-state index is 0.00698. The van der Waals surface area contributed by atoms with Gasteiger partial charge in [-0.15, -0.1) is 0 Å². The summed E-state index contributed by atoms with van der Waals surface area (Å²) in [4.78, 5) is 43.2. The van der Waals surface area contributed by atoms with Crippen LogP contribution < -0.4 is 10.1 Å². The van der Waals surface area contributed by atoms with Crippen LogP contribution >= 0.6 is 0 Å². The van der Waals surface area contributed by atoms with E-state index < -0.39 is 6.04 Å². The molecule has 2 saturated heterocycles. The van der Waals surface area contributed by atoms with E-state index in [1.54, 1.807) is 31.4 Å². The lowest BCUT2D eigenvalue weighted by Crippen LogP contribution is -2.54. The Morgan fingerprint density at radius 3 is 2.21 bits per heavy atom. The van der Waals surface area contributed by atoms with Crippen molar-refractivity contribution in [3.8, 4) is 5.75 Å². The van der Waals surface area contributed by atoms with Crippen LogP contribution in [0.3, 0.4) is 0 Å². The fraction of sp³-hybridized carbons (Fsp3) is 0.444. The van der Waals surface area contributed by atoms with Crippen LogP contribution in [0.2, 0.25) is 0 Å². The highest BCUT2D eigenvalue weighted by Crippen LogP contribution is 2.27. The van der Waals surface area contributed by atoms with Gasteiger partial charge in [0.05, 0.1) is 12.7 Å². The van der Waals surface area contributed by atoms with E-state index in [2.05, 4.69) is 5.32 Å². The van der Waals surface area contributed by atoms with E-state index in [1.807, 2.05) is 41.0 Å². The number of methoxy groups -OCH3 is 1. The van der Waals surface area contributed by atoms with Crippen molar-refractivity contribution < 1.29 is 19.1 Å². The highest BCUT2D eigenvalue weighted by atomic mass is 16.5. The minimum atomic E-state index is -0.588. The summed E-state index contributed by atoms with van der Waals surface area (Å²) in [6, 6.07) is 14.0. The van der Waals surface area contributed by atoms with Crippen LogP contribution in [0.25, 0.3) is 0 Å². The highest BCUT2D eigenvalue weighted by molar-refractivity contribution is 5.98. The molecule has 0 radical (unpaired) electrons. The van der Waals surface area contributed by atoms with E-state index in [-0.39, 0.29) is 23.6 Å². The summed E-state index contributed by atoms with van der Waals surface area (Å²) < 4.78 is 5.35. The largest absolute Gasteiger partial charge is 0.496 e. The average Bonchev–Trinajstić information content (AvgIpc) is 3.42. The van der Waals surface area contributed by atoms with Crippen molar-refractivity contribution in [1.82, 2.24) is 15.1 Å². The molecule has 180 valence electrons. The monoisotopic (exact) mass is 463 g/mol. The van der Waals surface area contributed by atoms with Crippen molar-refractivity contribution in [2.75, 3.05) is 33.3 Å². The first-order valence-electron chi connectivity index (χ1n) is 12.1. The lowest BCUT2D eigenvalue weighted by molar-refractivity contribution is -0.134. The molecule has 0 unspecified atom stereocenters. The molecule has 2 aromatic carbocycles. The Morgan fingerprint density at radius 2 is 1.56 bits per heavy atom. The Labute approximate surface area is 201 Å². The number of hydrogen-bond donors (Lipinski definition) is 1. The maximum absolute atomic E-state index is 13.4. The molecular weight excluding hydrogens is 430 g/mol. The van der Waals surface area contributed by atoms with Crippen LogP contribution in [-0.2, 0) is 4.79 Å². The minimum Gasteiger partial charge on any atom is -0.496 e. The molecule has 3 amide bonds. The zero-order valence-electron chi connectivity index (χ0n) is 20.0. The Bertz CT molecular complexity index is 1020. The van der Waals surface area contributed by atoms with Crippen molar-refractivity contribution in [1.29, 1.82) is 0 Å². The molecule has 4 rings (SSSR count). The number of nitrogens with zero attached hydrogens (tertiary/aromatic N) is 2. The molecule has 1 atom stereocenters. The Morgan fingerprint density at radius 1 is 0.912 bits per heavy atom. The number of ether oxygens (including phenoxy) is 1. The maximum atomic E-state index is 13.4. The van der Waals surface area contributed by atoms with Gasteiger partial charge in [-0.05, 0) is 62.8 Å². The van der Waals surface area contributed by atoms with Gasteiger partial charge in [0.1, 0.15) is 11.8 Å². The van der Waals surface area contributed by atoms with E-state index >= 15 is 0 Å². The normalized spacial score (nSPS) is 17.4. The van der Waals surface area contributed by atoms with Gasteiger partial charge in [0.25, 0.3) is 11.8 Å². The van der Waals surface area contributed by atoms with E-state index in [4.69, 9.17) is 4.74 Å². The highest BCUT2D eigenvalue weighted by Gasteiger charge is 2.37. The van der Waals surface area contributed by atoms with Crippen LogP contribution in [0.1, 0.15) is 52.0 Å². The molecule has 1 N–H and O–H groups in total. The van der Waals surface area contributed by atoms with E-state index in [0.29, 0.717) is 42.8 Å².